The average molecular weight is 487 g/mol. The molecule has 0 aliphatic rings. The first-order valence-corrected chi connectivity index (χ1v) is 12.5. The van der Waals surface area contributed by atoms with Crippen molar-refractivity contribution < 1.29 is 9.90 Å². The summed E-state index contributed by atoms with van der Waals surface area (Å²) in [7, 11) is 4.08. The third-order valence-electron chi connectivity index (χ3n) is 5.85. The minimum absolute atomic E-state index is 0.0106. The molecule has 7 heteroatoms. The Morgan fingerprint density at radius 3 is 2.20 bits per heavy atom. The normalized spacial score (nSPS) is 10.9. The number of carbonyl (C=O) groups is 1. The molecule has 6 nitrogen and oxygen atoms in total. The number of hydrogen-bond acceptors (Lipinski definition) is 6. The van der Waals surface area contributed by atoms with Crippen LogP contribution in [0, 0.1) is 0 Å². The Labute approximate surface area is 210 Å². The average Bonchev–Trinajstić information content (AvgIpc) is 3.35. The molecule has 0 fully saturated rings. The van der Waals surface area contributed by atoms with E-state index in [1.54, 1.807) is 11.3 Å². The van der Waals surface area contributed by atoms with Crippen LogP contribution in [-0.2, 0) is 24.1 Å². The van der Waals surface area contributed by atoms with Crippen LogP contribution in [0.3, 0.4) is 0 Å². The highest BCUT2D eigenvalue weighted by atomic mass is 32.1. The maximum absolute atomic E-state index is 11.0. The summed E-state index contributed by atoms with van der Waals surface area (Å²) in [6.07, 6.45) is 1.64. The van der Waals surface area contributed by atoms with E-state index < -0.39 is 5.97 Å². The van der Waals surface area contributed by atoms with Crippen molar-refractivity contribution in [2.45, 2.75) is 33.1 Å². The summed E-state index contributed by atoms with van der Waals surface area (Å²) in [5.41, 5.74) is 6.11. The molecular weight excluding hydrogens is 456 g/mol. The fourth-order valence-electron chi connectivity index (χ4n) is 3.96. The monoisotopic (exact) mass is 486 g/mol. The van der Waals surface area contributed by atoms with Crippen LogP contribution in [-0.4, -0.2) is 35.1 Å². The summed E-state index contributed by atoms with van der Waals surface area (Å²) in [5, 5.41) is 12.5. The molecule has 0 spiro atoms. The quantitative estimate of drug-likeness (QED) is 0.284. The van der Waals surface area contributed by atoms with Crippen LogP contribution in [0.5, 0.6) is 0 Å². The lowest BCUT2D eigenvalue weighted by molar-refractivity contribution is -0.136. The minimum atomic E-state index is -0.837. The lowest BCUT2D eigenvalue weighted by atomic mass is 10.1. The molecule has 2 heterocycles. The zero-order valence-corrected chi connectivity index (χ0v) is 21.3. The first-order chi connectivity index (χ1) is 16.9. The number of nitrogens with zero attached hydrogens (tertiary/aromatic N) is 3. The predicted molar refractivity (Wildman–Crippen MR) is 145 cm³/mol. The van der Waals surface area contributed by atoms with Gasteiger partial charge in [-0.3, -0.25) is 4.79 Å². The van der Waals surface area contributed by atoms with Crippen LogP contribution in [0.2, 0.25) is 0 Å². The largest absolute Gasteiger partial charge is 0.481 e. The highest BCUT2D eigenvalue weighted by Crippen LogP contribution is 2.35. The van der Waals surface area contributed by atoms with Crippen molar-refractivity contribution in [3.05, 3.63) is 77.5 Å². The van der Waals surface area contributed by atoms with Gasteiger partial charge in [0.05, 0.1) is 11.3 Å². The van der Waals surface area contributed by atoms with Gasteiger partial charge in [0, 0.05) is 41.6 Å². The zero-order chi connectivity index (χ0) is 24.9. The Kier molecular flexibility index (Phi) is 7.46. The predicted octanol–water partition coefficient (Wildman–Crippen LogP) is 6.43. The number of aliphatic carboxylic acids is 1. The number of hydrogen-bond donors (Lipinski definition) is 2. The molecule has 0 unspecified atom stereocenters. The van der Waals surface area contributed by atoms with Gasteiger partial charge in [-0.1, -0.05) is 38.1 Å². The number of nitrogens with one attached hydrogen (secondary N) is 1. The topological polar surface area (TPSA) is 78.4 Å². The van der Waals surface area contributed by atoms with Gasteiger partial charge in [-0.05, 0) is 60.4 Å². The molecule has 2 aromatic heterocycles. The van der Waals surface area contributed by atoms with Crippen LogP contribution in [0.25, 0.3) is 21.1 Å². The van der Waals surface area contributed by atoms with Gasteiger partial charge in [0.25, 0.3) is 0 Å². The first kappa shape index (κ1) is 24.4. The molecule has 2 aromatic carbocycles. The smallest absolute Gasteiger partial charge is 0.307 e. The van der Waals surface area contributed by atoms with E-state index in [1.807, 2.05) is 38.4 Å². The van der Waals surface area contributed by atoms with Crippen molar-refractivity contribution in [3.8, 4) is 21.1 Å². The number of rotatable bonds is 9. The standard InChI is InChI=1S/C28H30N4O2S/c1-5-22-23(6-2)30-28(31-27(22)29-20-11-7-18(8-12-20)17-26(33)34)25-16-15-24(35-25)19-9-13-21(14-10-19)32(3)4/h7-16H,5-6,17H2,1-4H3,(H,33,34)(H,29,30,31). The molecule has 0 aliphatic carbocycles. The fraction of sp³-hybridized carbons (Fsp3) is 0.250. The molecule has 35 heavy (non-hydrogen) atoms. The summed E-state index contributed by atoms with van der Waals surface area (Å²) in [4.78, 5) is 25.1. The van der Waals surface area contributed by atoms with Crippen molar-refractivity contribution in [1.82, 2.24) is 9.97 Å². The summed E-state index contributed by atoms with van der Waals surface area (Å²) in [6.45, 7) is 4.22. The number of carboxylic acid groups (broad SMARTS) is 1. The van der Waals surface area contributed by atoms with Crippen LogP contribution in [0.15, 0.2) is 60.7 Å². The Morgan fingerprint density at radius 1 is 0.914 bits per heavy atom. The molecule has 0 saturated heterocycles. The van der Waals surface area contributed by atoms with Gasteiger partial charge in [-0.25, -0.2) is 9.97 Å². The zero-order valence-electron chi connectivity index (χ0n) is 20.5. The molecule has 0 radical (unpaired) electrons. The first-order valence-electron chi connectivity index (χ1n) is 11.7. The van der Waals surface area contributed by atoms with Crippen molar-refractivity contribution in [2.24, 2.45) is 0 Å². The Morgan fingerprint density at radius 2 is 1.60 bits per heavy atom. The maximum Gasteiger partial charge on any atom is 0.307 e. The van der Waals surface area contributed by atoms with E-state index in [1.165, 1.54) is 16.1 Å². The van der Waals surface area contributed by atoms with Crippen molar-refractivity contribution in [1.29, 1.82) is 0 Å². The Bertz CT molecular complexity index is 1310. The molecule has 4 aromatic rings. The number of carboxylic acids is 1. The van der Waals surface area contributed by atoms with E-state index in [4.69, 9.17) is 15.1 Å². The molecule has 0 bridgehead atoms. The van der Waals surface area contributed by atoms with E-state index in [-0.39, 0.29) is 6.42 Å². The number of benzene rings is 2. The maximum atomic E-state index is 11.0. The lowest BCUT2D eigenvalue weighted by Gasteiger charge is -2.15. The van der Waals surface area contributed by atoms with Crippen LogP contribution < -0.4 is 10.2 Å². The van der Waals surface area contributed by atoms with Gasteiger partial charge in [0.15, 0.2) is 5.82 Å². The number of aryl methyl sites for hydroxylation is 1. The molecule has 0 amide bonds. The van der Waals surface area contributed by atoms with Gasteiger partial charge in [0.2, 0.25) is 0 Å². The highest BCUT2D eigenvalue weighted by molar-refractivity contribution is 7.18. The second kappa shape index (κ2) is 10.7. The van der Waals surface area contributed by atoms with E-state index in [0.717, 1.165) is 46.0 Å². The summed E-state index contributed by atoms with van der Waals surface area (Å²) >= 11 is 1.69. The van der Waals surface area contributed by atoms with Crippen LogP contribution in [0.1, 0.15) is 30.7 Å². The second-order valence-electron chi connectivity index (χ2n) is 8.53. The van der Waals surface area contributed by atoms with Crippen LogP contribution >= 0.6 is 11.3 Å². The van der Waals surface area contributed by atoms with Gasteiger partial charge >= 0.3 is 5.97 Å². The van der Waals surface area contributed by atoms with E-state index >= 15 is 0 Å². The van der Waals surface area contributed by atoms with E-state index in [9.17, 15) is 4.79 Å². The van der Waals surface area contributed by atoms with Gasteiger partial charge < -0.3 is 15.3 Å². The van der Waals surface area contributed by atoms with Crippen molar-refractivity contribution >= 4 is 34.5 Å². The molecule has 4 rings (SSSR count). The number of thiophene rings is 1. The third kappa shape index (κ3) is 5.69. The molecule has 2 N–H and O–H groups in total. The second-order valence-corrected chi connectivity index (χ2v) is 9.61. The lowest BCUT2D eigenvalue weighted by Crippen LogP contribution is -2.07. The number of anilines is 3. The van der Waals surface area contributed by atoms with Crippen LogP contribution in [0.4, 0.5) is 17.2 Å². The molecule has 0 saturated carbocycles. The summed E-state index contributed by atoms with van der Waals surface area (Å²) in [5.74, 6) is 0.673. The summed E-state index contributed by atoms with van der Waals surface area (Å²) < 4.78 is 0. The molecule has 0 aliphatic heterocycles. The van der Waals surface area contributed by atoms with E-state index in [0.29, 0.717) is 5.82 Å². The highest BCUT2D eigenvalue weighted by Gasteiger charge is 2.16. The molecule has 180 valence electrons. The fourth-order valence-corrected chi connectivity index (χ4v) is 4.91. The van der Waals surface area contributed by atoms with Gasteiger partial charge in [0.1, 0.15) is 5.82 Å². The van der Waals surface area contributed by atoms with E-state index in [2.05, 4.69) is 60.5 Å². The SMILES string of the molecule is CCc1nc(-c2ccc(-c3ccc(N(C)C)cc3)s2)nc(Nc2ccc(CC(=O)O)cc2)c1CC. The number of aromatic nitrogens is 2. The minimum Gasteiger partial charge on any atom is -0.481 e. The van der Waals surface area contributed by atoms with Crippen molar-refractivity contribution in [3.63, 3.8) is 0 Å². The molecular formula is C28H30N4O2S. The third-order valence-corrected chi connectivity index (χ3v) is 6.98. The van der Waals surface area contributed by atoms with Crippen molar-refractivity contribution in [2.75, 3.05) is 24.3 Å². The summed E-state index contributed by atoms with van der Waals surface area (Å²) in [6, 6.07) is 20.2. The van der Waals surface area contributed by atoms with Gasteiger partial charge in [-0.15, -0.1) is 11.3 Å². The molecule has 0 atom stereocenters. The Hall–Kier alpha value is -3.71. The Balaban J connectivity index is 1.65. The van der Waals surface area contributed by atoms with Gasteiger partial charge in [-0.2, -0.15) is 0 Å².